The highest BCUT2D eigenvalue weighted by molar-refractivity contribution is 5.76. The van der Waals surface area contributed by atoms with Gasteiger partial charge in [0, 0.05) is 12.6 Å². The summed E-state index contributed by atoms with van der Waals surface area (Å²) in [6.07, 6.45) is 2.97. The van der Waals surface area contributed by atoms with E-state index in [2.05, 4.69) is 34.6 Å². The maximum atomic E-state index is 11.7. The number of carbonyl (C=O) groups excluding carboxylic acids is 1. The number of amides is 1. The minimum atomic E-state index is 0.0628. The number of aryl methyl sites for hydroxylation is 2. The molecule has 1 aromatic heterocycles. The zero-order valence-corrected chi connectivity index (χ0v) is 10.4. The van der Waals surface area contributed by atoms with Gasteiger partial charge in [-0.3, -0.25) is 9.89 Å². The summed E-state index contributed by atoms with van der Waals surface area (Å²) in [6.45, 7) is 2.57. The zero-order chi connectivity index (χ0) is 12.8. The van der Waals surface area contributed by atoms with Crippen molar-refractivity contribution in [1.29, 1.82) is 0 Å². The highest BCUT2D eigenvalue weighted by atomic mass is 16.1. The molecule has 0 fully saturated rings. The molecule has 1 amide bonds. The molecule has 1 heterocycles. The van der Waals surface area contributed by atoms with Gasteiger partial charge in [-0.15, -0.1) is 0 Å². The maximum absolute atomic E-state index is 11.7. The topological polar surface area (TPSA) is 57.8 Å². The van der Waals surface area contributed by atoms with Gasteiger partial charge in [0.25, 0.3) is 0 Å². The molecule has 2 aromatic rings. The van der Waals surface area contributed by atoms with Crippen LogP contribution in [-0.4, -0.2) is 16.1 Å². The van der Waals surface area contributed by atoms with Crippen molar-refractivity contribution in [1.82, 2.24) is 15.5 Å². The van der Waals surface area contributed by atoms with Gasteiger partial charge < -0.3 is 5.32 Å². The third-order valence-corrected chi connectivity index (χ3v) is 2.92. The molecule has 0 saturated carbocycles. The predicted octanol–water partition coefficient (Wildman–Crippen LogP) is 1.97. The lowest BCUT2D eigenvalue weighted by Gasteiger charge is -2.06. The van der Waals surface area contributed by atoms with Crippen LogP contribution in [0.1, 0.15) is 23.2 Å². The van der Waals surface area contributed by atoms with Gasteiger partial charge in [-0.2, -0.15) is 5.10 Å². The van der Waals surface area contributed by atoms with E-state index in [0.29, 0.717) is 13.0 Å². The molecule has 2 rings (SSSR count). The molecule has 0 bridgehead atoms. The summed E-state index contributed by atoms with van der Waals surface area (Å²) in [5, 5.41) is 9.50. The molecular formula is C14H17N3O. The summed E-state index contributed by atoms with van der Waals surface area (Å²) in [6, 6.07) is 10.00. The predicted molar refractivity (Wildman–Crippen MR) is 69.9 cm³/mol. The average Bonchev–Trinajstić information content (AvgIpc) is 2.88. The second-order valence-electron chi connectivity index (χ2n) is 4.29. The quantitative estimate of drug-likeness (QED) is 0.843. The molecule has 0 atom stereocenters. The van der Waals surface area contributed by atoms with Gasteiger partial charge in [0.2, 0.25) is 5.91 Å². The summed E-state index contributed by atoms with van der Waals surface area (Å²) < 4.78 is 0. The first-order valence-corrected chi connectivity index (χ1v) is 6.05. The Morgan fingerprint density at radius 1 is 1.33 bits per heavy atom. The van der Waals surface area contributed by atoms with E-state index in [1.165, 1.54) is 11.1 Å². The van der Waals surface area contributed by atoms with Crippen molar-refractivity contribution < 1.29 is 4.79 Å². The van der Waals surface area contributed by atoms with Crippen LogP contribution in [-0.2, 0) is 17.8 Å². The fraction of sp³-hybridized carbons (Fsp3) is 0.286. The smallest absolute Gasteiger partial charge is 0.220 e. The molecule has 4 heteroatoms. The summed E-state index contributed by atoms with van der Waals surface area (Å²) >= 11 is 0. The number of aromatic amines is 1. The Balaban J connectivity index is 1.77. The summed E-state index contributed by atoms with van der Waals surface area (Å²) in [4.78, 5) is 11.7. The van der Waals surface area contributed by atoms with Crippen molar-refractivity contribution in [2.24, 2.45) is 0 Å². The number of hydrogen-bond acceptors (Lipinski definition) is 2. The Kier molecular flexibility index (Phi) is 4.12. The molecule has 0 unspecified atom stereocenters. The first-order chi connectivity index (χ1) is 8.75. The Hall–Kier alpha value is -2.10. The van der Waals surface area contributed by atoms with E-state index >= 15 is 0 Å². The molecule has 4 nitrogen and oxygen atoms in total. The number of hydrogen-bond donors (Lipinski definition) is 2. The third-order valence-electron chi connectivity index (χ3n) is 2.92. The molecular weight excluding hydrogens is 226 g/mol. The first-order valence-electron chi connectivity index (χ1n) is 6.05. The van der Waals surface area contributed by atoms with Crippen LogP contribution in [0.15, 0.2) is 36.5 Å². The van der Waals surface area contributed by atoms with Gasteiger partial charge in [-0.25, -0.2) is 0 Å². The van der Waals surface area contributed by atoms with Gasteiger partial charge >= 0.3 is 0 Å². The second kappa shape index (κ2) is 6.00. The number of benzene rings is 1. The van der Waals surface area contributed by atoms with Crippen molar-refractivity contribution in [3.8, 4) is 0 Å². The highest BCUT2D eigenvalue weighted by Crippen LogP contribution is 2.09. The average molecular weight is 243 g/mol. The Morgan fingerprint density at radius 3 is 2.89 bits per heavy atom. The van der Waals surface area contributed by atoms with E-state index < -0.39 is 0 Å². The lowest BCUT2D eigenvalue weighted by Crippen LogP contribution is -2.23. The number of aromatic nitrogens is 2. The number of nitrogens with zero attached hydrogens (tertiary/aromatic N) is 1. The van der Waals surface area contributed by atoms with Gasteiger partial charge in [-0.05, 0) is 30.5 Å². The van der Waals surface area contributed by atoms with E-state index in [1.54, 1.807) is 6.20 Å². The Bertz CT molecular complexity index is 506. The molecule has 0 aliphatic carbocycles. The Morgan fingerprint density at radius 2 is 2.17 bits per heavy atom. The lowest BCUT2D eigenvalue weighted by molar-refractivity contribution is -0.121. The SMILES string of the molecule is Cc1ccccc1CCC(=O)NCc1ccn[nH]1. The fourth-order valence-electron chi connectivity index (χ4n) is 1.80. The minimum absolute atomic E-state index is 0.0628. The molecule has 0 aliphatic rings. The number of carbonyl (C=O) groups is 1. The van der Waals surface area contributed by atoms with E-state index in [9.17, 15) is 4.79 Å². The van der Waals surface area contributed by atoms with Crippen LogP contribution in [0.2, 0.25) is 0 Å². The summed E-state index contributed by atoms with van der Waals surface area (Å²) in [7, 11) is 0. The van der Waals surface area contributed by atoms with Crippen LogP contribution < -0.4 is 5.32 Å². The van der Waals surface area contributed by atoms with E-state index in [4.69, 9.17) is 0 Å². The molecule has 1 aromatic carbocycles. The van der Waals surface area contributed by atoms with Crippen molar-refractivity contribution >= 4 is 5.91 Å². The lowest BCUT2D eigenvalue weighted by atomic mass is 10.0. The number of rotatable bonds is 5. The van der Waals surface area contributed by atoms with Crippen molar-refractivity contribution in [3.05, 3.63) is 53.3 Å². The third kappa shape index (κ3) is 3.45. The van der Waals surface area contributed by atoms with Crippen molar-refractivity contribution in [2.75, 3.05) is 0 Å². The monoisotopic (exact) mass is 243 g/mol. The van der Waals surface area contributed by atoms with Crippen LogP contribution in [0, 0.1) is 6.92 Å². The summed E-state index contributed by atoms with van der Waals surface area (Å²) in [5.41, 5.74) is 3.38. The standard InChI is InChI=1S/C14H17N3O/c1-11-4-2-3-5-12(11)6-7-14(18)15-10-13-8-9-16-17-13/h2-5,8-9H,6-7,10H2,1H3,(H,15,18)(H,16,17). The highest BCUT2D eigenvalue weighted by Gasteiger charge is 2.04. The van der Waals surface area contributed by atoms with Gasteiger partial charge in [-0.1, -0.05) is 24.3 Å². The number of nitrogens with one attached hydrogen (secondary N) is 2. The zero-order valence-electron chi connectivity index (χ0n) is 10.4. The van der Waals surface area contributed by atoms with Gasteiger partial charge in [0.15, 0.2) is 0 Å². The van der Waals surface area contributed by atoms with Crippen molar-refractivity contribution in [3.63, 3.8) is 0 Å². The largest absolute Gasteiger partial charge is 0.350 e. The molecule has 18 heavy (non-hydrogen) atoms. The van der Waals surface area contributed by atoms with Crippen LogP contribution in [0.25, 0.3) is 0 Å². The van der Waals surface area contributed by atoms with E-state index in [1.807, 2.05) is 18.2 Å². The van der Waals surface area contributed by atoms with E-state index in [-0.39, 0.29) is 5.91 Å². The second-order valence-corrected chi connectivity index (χ2v) is 4.29. The molecule has 0 saturated heterocycles. The molecule has 2 N–H and O–H groups in total. The normalized spacial score (nSPS) is 10.3. The van der Waals surface area contributed by atoms with E-state index in [0.717, 1.165) is 12.1 Å². The van der Waals surface area contributed by atoms with Crippen LogP contribution in [0.4, 0.5) is 0 Å². The van der Waals surface area contributed by atoms with Gasteiger partial charge in [0.05, 0.1) is 12.2 Å². The van der Waals surface area contributed by atoms with Crippen molar-refractivity contribution in [2.45, 2.75) is 26.3 Å². The van der Waals surface area contributed by atoms with Gasteiger partial charge in [0.1, 0.15) is 0 Å². The van der Waals surface area contributed by atoms with Crippen LogP contribution in [0.5, 0.6) is 0 Å². The molecule has 0 radical (unpaired) electrons. The fourth-order valence-corrected chi connectivity index (χ4v) is 1.80. The van der Waals surface area contributed by atoms with Crippen LogP contribution >= 0.6 is 0 Å². The molecule has 0 aliphatic heterocycles. The molecule has 0 spiro atoms. The first kappa shape index (κ1) is 12.4. The number of H-pyrrole nitrogens is 1. The maximum Gasteiger partial charge on any atom is 0.220 e. The molecule has 94 valence electrons. The Labute approximate surface area is 106 Å². The minimum Gasteiger partial charge on any atom is -0.350 e. The summed E-state index contributed by atoms with van der Waals surface area (Å²) in [5.74, 6) is 0.0628. The van der Waals surface area contributed by atoms with Crippen LogP contribution in [0.3, 0.4) is 0 Å².